The zero-order chi connectivity index (χ0) is 16.9. The molecule has 1 amide bonds. The molecule has 0 radical (unpaired) electrons. The number of amides is 1. The number of hydrogen-bond donors (Lipinski definition) is 2. The maximum Gasteiger partial charge on any atom is 0.226 e. The Balaban J connectivity index is 1.96. The Hall–Kier alpha value is -1.62. The number of carbonyl (C=O) groups excluding carboxylic acids is 1. The molecule has 1 atom stereocenters. The van der Waals surface area contributed by atoms with Crippen molar-refractivity contribution < 1.29 is 19.0 Å². The summed E-state index contributed by atoms with van der Waals surface area (Å²) in [6.45, 7) is 5.14. The molecule has 4 nitrogen and oxygen atoms in total. The topological polar surface area (TPSA) is 58.6 Å². The Kier molecular flexibility index (Phi) is 5.99. The summed E-state index contributed by atoms with van der Waals surface area (Å²) in [6, 6.07) is 4.41. The Morgan fingerprint density at radius 3 is 2.83 bits per heavy atom. The highest BCUT2D eigenvalue weighted by molar-refractivity contribution is 5.79. The maximum atomic E-state index is 13.3. The van der Waals surface area contributed by atoms with Gasteiger partial charge in [0.05, 0.1) is 5.92 Å². The van der Waals surface area contributed by atoms with Gasteiger partial charge >= 0.3 is 0 Å². The molecule has 0 saturated carbocycles. The first-order valence-electron chi connectivity index (χ1n) is 8.33. The first kappa shape index (κ1) is 17.7. The molecule has 1 aliphatic rings. The fourth-order valence-electron chi connectivity index (χ4n) is 3.13. The standard InChI is InChI=1S/C18H26FNO3/c1-3-18(4-2,7-8-21)12-20-17(22)14-9-13-10-15(19)5-6-16(13)23-11-14/h5-6,10,14,21H,3-4,7-9,11-12H2,1-2H3,(H,20,22). The SMILES string of the molecule is CCC(CC)(CCO)CNC(=O)C1COc2ccc(F)cc2C1. The van der Waals surface area contributed by atoms with E-state index in [1.165, 1.54) is 12.1 Å². The van der Waals surface area contributed by atoms with E-state index in [1.54, 1.807) is 6.07 Å². The van der Waals surface area contributed by atoms with Gasteiger partial charge in [-0.15, -0.1) is 0 Å². The number of rotatable bonds is 7. The van der Waals surface area contributed by atoms with Gasteiger partial charge in [-0.2, -0.15) is 0 Å². The van der Waals surface area contributed by atoms with Crippen LogP contribution in [0.1, 0.15) is 38.7 Å². The molecule has 1 aliphatic heterocycles. The third kappa shape index (κ3) is 4.22. The number of aliphatic hydroxyl groups excluding tert-OH is 1. The van der Waals surface area contributed by atoms with Crippen LogP contribution in [0.25, 0.3) is 0 Å². The van der Waals surface area contributed by atoms with E-state index in [1.807, 2.05) is 0 Å². The molecular weight excluding hydrogens is 297 g/mol. The summed E-state index contributed by atoms with van der Waals surface area (Å²) < 4.78 is 18.9. The zero-order valence-electron chi connectivity index (χ0n) is 13.9. The molecule has 0 aliphatic carbocycles. The van der Waals surface area contributed by atoms with E-state index in [2.05, 4.69) is 19.2 Å². The number of hydrogen-bond acceptors (Lipinski definition) is 3. The first-order chi connectivity index (χ1) is 11.0. The quantitative estimate of drug-likeness (QED) is 0.811. The van der Waals surface area contributed by atoms with Crippen molar-refractivity contribution in [2.45, 2.75) is 39.5 Å². The van der Waals surface area contributed by atoms with Crippen LogP contribution in [0, 0.1) is 17.2 Å². The molecule has 23 heavy (non-hydrogen) atoms. The number of benzene rings is 1. The van der Waals surface area contributed by atoms with Gasteiger partial charge in [0.25, 0.3) is 0 Å². The normalized spacial score (nSPS) is 17.3. The third-order valence-electron chi connectivity index (χ3n) is 5.08. The van der Waals surface area contributed by atoms with Gasteiger partial charge in [-0.25, -0.2) is 4.39 Å². The summed E-state index contributed by atoms with van der Waals surface area (Å²) in [7, 11) is 0. The van der Waals surface area contributed by atoms with Crippen LogP contribution in [0.3, 0.4) is 0 Å². The van der Waals surface area contributed by atoms with Gasteiger partial charge in [0.1, 0.15) is 18.2 Å². The second-order valence-corrected chi connectivity index (χ2v) is 6.36. The van der Waals surface area contributed by atoms with Gasteiger partial charge < -0.3 is 15.2 Å². The van der Waals surface area contributed by atoms with Crippen LogP contribution in [0.5, 0.6) is 5.75 Å². The minimum Gasteiger partial charge on any atom is -0.492 e. The minimum absolute atomic E-state index is 0.0655. The van der Waals surface area contributed by atoms with Gasteiger partial charge in [-0.1, -0.05) is 13.8 Å². The van der Waals surface area contributed by atoms with E-state index in [0.29, 0.717) is 31.7 Å². The van der Waals surface area contributed by atoms with Crippen LogP contribution in [-0.2, 0) is 11.2 Å². The van der Waals surface area contributed by atoms with Crippen molar-refractivity contribution in [1.29, 1.82) is 0 Å². The summed E-state index contributed by atoms with van der Waals surface area (Å²) in [5.74, 6) is -0.0199. The van der Waals surface area contributed by atoms with Crippen molar-refractivity contribution >= 4 is 5.91 Å². The average Bonchev–Trinajstić information content (AvgIpc) is 2.57. The monoisotopic (exact) mass is 323 g/mol. The Morgan fingerprint density at radius 1 is 1.43 bits per heavy atom. The summed E-state index contributed by atoms with van der Waals surface area (Å²) >= 11 is 0. The lowest BCUT2D eigenvalue weighted by Gasteiger charge is -2.32. The predicted molar refractivity (Wildman–Crippen MR) is 86.8 cm³/mol. The number of fused-ring (bicyclic) bond motifs is 1. The van der Waals surface area contributed by atoms with Crippen molar-refractivity contribution in [2.75, 3.05) is 19.8 Å². The van der Waals surface area contributed by atoms with Crippen LogP contribution in [0.2, 0.25) is 0 Å². The summed E-state index contributed by atoms with van der Waals surface area (Å²) in [6.07, 6.45) is 2.97. The highest BCUT2D eigenvalue weighted by Gasteiger charge is 2.30. The van der Waals surface area contributed by atoms with E-state index in [-0.39, 0.29) is 29.7 Å². The molecule has 1 unspecified atom stereocenters. The molecule has 0 spiro atoms. The second kappa shape index (κ2) is 7.77. The molecule has 0 bridgehead atoms. The van der Waals surface area contributed by atoms with E-state index in [9.17, 15) is 14.3 Å². The van der Waals surface area contributed by atoms with Crippen LogP contribution in [0.4, 0.5) is 4.39 Å². The summed E-state index contributed by atoms with van der Waals surface area (Å²) in [5, 5.41) is 12.2. The molecular formula is C18H26FNO3. The lowest BCUT2D eigenvalue weighted by atomic mass is 9.79. The van der Waals surface area contributed by atoms with E-state index < -0.39 is 0 Å². The Morgan fingerprint density at radius 2 is 2.17 bits per heavy atom. The van der Waals surface area contributed by atoms with E-state index in [0.717, 1.165) is 18.4 Å². The first-order valence-corrected chi connectivity index (χ1v) is 8.33. The fourth-order valence-corrected chi connectivity index (χ4v) is 3.13. The maximum absolute atomic E-state index is 13.3. The smallest absolute Gasteiger partial charge is 0.226 e. The van der Waals surface area contributed by atoms with Crippen molar-refractivity contribution in [3.05, 3.63) is 29.6 Å². The zero-order valence-corrected chi connectivity index (χ0v) is 13.9. The Bertz CT molecular complexity index is 543. The largest absolute Gasteiger partial charge is 0.492 e. The van der Waals surface area contributed by atoms with Crippen LogP contribution in [-0.4, -0.2) is 30.8 Å². The van der Waals surface area contributed by atoms with Crippen molar-refractivity contribution in [2.24, 2.45) is 11.3 Å². The molecule has 1 heterocycles. The van der Waals surface area contributed by atoms with Gasteiger partial charge in [-0.05, 0) is 54.9 Å². The lowest BCUT2D eigenvalue weighted by molar-refractivity contribution is -0.126. The van der Waals surface area contributed by atoms with Crippen molar-refractivity contribution in [3.63, 3.8) is 0 Å². The average molecular weight is 323 g/mol. The van der Waals surface area contributed by atoms with Gasteiger partial charge in [0.2, 0.25) is 5.91 Å². The van der Waals surface area contributed by atoms with Gasteiger partial charge in [-0.3, -0.25) is 4.79 Å². The molecule has 2 N–H and O–H groups in total. The van der Waals surface area contributed by atoms with Crippen molar-refractivity contribution in [3.8, 4) is 5.75 Å². The molecule has 2 rings (SSSR count). The summed E-state index contributed by atoms with van der Waals surface area (Å²) in [4.78, 5) is 12.4. The number of aliphatic hydroxyl groups is 1. The molecule has 128 valence electrons. The van der Waals surface area contributed by atoms with Crippen LogP contribution < -0.4 is 10.1 Å². The molecule has 1 aromatic rings. The van der Waals surface area contributed by atoms with E-state index >= 15 is 0 Å². The second-order valence-electron chi connectivity index (χ2n) is 6.36. The summed E-state index contributed by atoms with van der Waals surface area (Å²) in [5.41, 5.74) is 0.674. The minimum atomic E-state index is -0.313. The number of carbonyl (C=O) groups is 1. The number of halogens is 1. The molecule has 5 heteroatoms. The molecule has 1 aromatic carbocycles. The van der Waals surface area contributed by atoms with Gasteiger partial charge in [0, 0.05) is 13.2 Å². The predicted octanol–water partition coefficient (Wildman–Crippen LogP) is 2.68. The number of ether oxygens (including phenoxy) is 1. The Labute approximate surface area is 137 Å². The fraction of sp³-hybridized carbons (Fsp3) is 0.611. The highest BCUT2D eigenvalue weighted by atomic mass is 19.1. The van der Waals surface area contributed by atoms with E-state index in [4.69, 9.17) is 4.74 Å². The highest BCUT2D eigenvalue weighted by Crippen LogP contribution is 2.31. The third-order valence-corrected chi connectivity index (χ3v) is 5.08. The van der Waals surface area contributed by atoms with Crippen LogP contribution >= 0.6 is 0 Å². The van der Waals surface area contributed by atoms with Gasteiger partial charge in [0.15, 0.2) is 0 Å². The van der Waals surface area contributed by atoms with Crippen molar-refractivity contribution in [1.82, 2.24) is 5.32 Å². The lowest BCUT2D eigenvalue weighted by Crippen LogP contribution is -2.43. The molecule has 0 fully saturated rings. The molecule has 0 aromatic heterocycles. The number of nitrogens with one attached hydrogen (secondary N) is 1. The molecule has 0 saturated heterocycles. The van der Waals surface area contributed by atoms with Crippen LogP contribution in [0.15, 0.2) is 18.2 Å².